The molecular formula is C23H26N4O. The molecule has 1 aliphatic rings. The van der Waals surface area contributed by atoms with Gasteiger partial charge in [0.05, 0.1) is 11.8 Å². The van der Waals surface area contributed by atoms with Crippen molar-refractivity contribution in [3.05, 3.63) is 89.4 Å². The Balaban J connectivity index is 1.46. The summed E-state index contributed by atoms with van der Waals surface area (Å²) in [6.45, 7) is 3.49. The minimum Gasteiger partial charge on any atom is -0.375 e. The standard InChI is InChI=1S/C23H26N4O/c1-28-22(19-10-6-3-7-11-19)14-24-23-20-16-27(13-12-21(20)25-17-26-23)15-18-8-4-2-5-9-18/h2-11,17,22H,12-16H2,1H3,(H,24,25,26). The molecule has 0 bridgehead atoms. The summed E-state index contributed by atoms with van der Waals surface area (Å²) in [6.07, 6.45) is 2.60. The van der Waals surface area contributed by atoms with Crippen LogP contribution in [0.15, 0.2) is 67.0 Å². The minimum absolute atomic E-state index is 0.0178. The fraction of sp³-hybridized carbons (Fsp3) is 0.304. The summed E-state index contributed by atoms with van der Waals surface area (Å²) in [5, 5.41) is 3.50. The van der Waals surface area contributed by atoms with Crippen molar-refractivity contribution in [3.8, 4) is 0 Å². The van der Waals surface area contributed by atoms with Gasteiger partial charge in [-0.3, -0.25) is 4.90 Å². The highest BCUT2D eigenvalue weighted by molar-refractivity contribution is 5.47. The molecule has 0 fully saturated rings. The van der Waals surface area contributed by atoms with Crippen LogP contribution in [0.25, 0.3) is 0 Å². The predicted molar refractivity (Wildman–Crippen MR) is 111 cm³/mol. The van der Waals surface area contributed by atoms with E-state index in [1.165, 1.54) is 11.1 Å². The van der Waals surface area contributed by atoms with Gasteiger partial charge in [-0.25, -0.2) is 9.97 Å². The van der Waals surface area contributed by atoms with Crippen molar-refractivity contribution >= 4 is 5.82 Å². The van der Waals surface area contributed by atoms with E-state index in [0.29, 0.717) is 6.54 Å². The largest absolute Gasteiger partial charge is 0.375 e. The van der Waals surface area contributed by atoms with Crippen LogP contribution in [0.3, 0.4) is 0 Å². The average molecular weight is 374 g/mol. The number of ether oxygens (including phenoxy) is 1. The summed E-state index contributed by atoms with van der Waals surface area (Å²) in [5.74, 6) is 0.917. The van der Waals surface area contributed by atoms with Crippen LogP contribution in [0, 0.1) is 0 Å². The van der Waals surface area contributed by atoms with Crippen LogP contribution in [0.4, 0.5) is 5.82 Å². The molecule has 1 aliphatic heterocycles. The van der Waals surface area contributed by atoms with Crippen LogP contribution < -0.4 is 5.32 Å². The van der Waals surface area contributed by atoms with E-state index in [2.05, 4.69) is 62.6 Å². The van der Waals surface area contributed by atoms with E-state index in [1.54, 1.807) is 13.4 Å². The fourth-order valence-electron chi connectivity index (χ4n) is 3.72. The molecule has 0 saturated heterocycles. The molecule has 0 saturated carbocycles. The third-order valence-electron chi connectivity index (χ3n) is 5.24. The van der Waals surface area contributed by atoms with Crippen LogP contribution in [-0.4, -0.2) is 35.1 Å². The molecule has 144 valence electrons. The maximum absolute atomic E-state index is 5.69. The highest BCUT2D eigenvalue weighted by Crippen LogP contribution is 2.25. The molecule has 0 aliphatic carbocycles. The summed E-state index contributed by atoms with van der Waals surface area (Å²) in [4.78, 5) is 11.5. The number of rotatable bonds is 7. The zero-order valence-electron chi connectivity index (χ0n) is 16.2. The van der Waals surface area contributed by atoms with E-state index in [9.17, 15) is 0 Å². The first-order valence-corrected chi connectivity index (χ1v) is 9.74. The van der Waals surface area contributed by atoms with Crippen molar-refractivity contribution in [1.29, 1.82) is 0 Å². The predicted octanol–water partition coefficient (Wildman–Crippen LogP) is 3.83. The van der Waals surface area contributed by atoms with Gasteiger partial charge in [-0.2, -0.15) is 0 Å². The first-order chi connectivity index (χ1) is 13.8. The minimum atomic E-state index is -0.0178. The third-order valence-corrected chi connectivity index (χ3v) is 5.24. The van der Waals surface area contributed by atoms with Crippen molar-refractivity contribution in [2.75, 3.05) is 25.5 Å². The van der Waals surface area contributed by atoms with Crippen molar-refractivity contribution in [2.24, 2.45) is 0 Å². The van der Waals surface area contributed by atoms with Gasteiger partial charge < -0.3 is 10.1 Å². The smallest absolute Gasteiger partial charge is 0.134 e. The lowest BCUT2D eigenvalue weighted by Crippen LogP contribution is -2.32. The lowest BCUT2D eigenvalue weighted by molar-refractivity contribution is 0.114. The number of hydrogen-bond donors (Lipinski definition) is 1. The lowest BCUT2D eigenvalue weighted by atomic mass is 10.0. The Morgan fingerprint density at radius 2 is 1.79 bits per heavy atom. The number of benzene rings is 2. The quantitative estimate of drug-likeness (QED) is 0.681. The van der Waals surface area contributed by atoms with Gasteiger partial charge >= 0.3 is 0 Å². The normalized spacial score (nSPS) is 15.0. The number of aromatic nitrogens is 2. The Morgan fingerprint density at radius 1 is 1.04 bits per heavy atom. The van der Waals surface area contributed by atoms with E-state index in [4.69, 9.17) is 4.74 Å². The van der Waals surface area contributed by atoms with E-state index in [0.717, 1.165) is 43.1 Å². The third kappa shape index (κ3) is 4.38. The number of fused-ring (bicyclic) bond motifs is 1. The van der Waals surface area contributed by atoms with Crippen molar-refractivity contribution < 1.29 is 4.74 Å². The molecule has 0 radical (unpaired) electrons. The summed E-state index contributed by atoms with van der Waals surface area (Å²) >= 11 is 0. The average Bonchev–Trinajstić information content (AvgIpc) is 2.76. The van der Waals surface area contributed by atoms with Gasteiger partial charge in [0, 0.05) is 45.3 Å². The monoisotopic (exact) mass is 374 g/mol. The summed E-state index contributed by atoms with van der Waals surface area (Å²) in [5.41, 5.74) is 4.84. The van der Waals surface area contributed by atoms with Gasteiger partial charge in [0.1, 0.15) is 12.1 Å². The number of anilines is 1. The number of nitrogens with zero attached hydrogens (tertiary/aromatic N) is 3. The zero-order valence-corrected chi connectivity index (χ0v) is 16.2. The maximum Gasteiger partial charge on any atom is 0.134 e. The Labute approximate surface area is 166 Å². The Bertz CT molecular complexity index is 886. The van der Waals surface area contributed by atoms with Crippen molar-refractivity contribution in [2.45, 2.75) is 25.6 Å². The van der Waals surface area contributed by atoms with Crippen LogP contribution in [0.2, 0.25) is 0 Å². The topological polar surface area (TPSA) is 50.3 Å². The summed E-state index contributed by atoms with van der Waals surface area (Å²) < 4.78 is 5.69. The van der Waals surface area contributed by atoms with Crippen LogP contribution in [0.1, 0.15) is 28.5 Å². The zero-order chi connectivity index (χ0) is 19.2. The van der Waals surface area contributed by atoms with Gasteiger partial charge in [0.25, 0.3) is 0 Å². The number of methoxy groups -OCH3 is 1. The molecule has 1 aromatic heterocycles. The molecule has 1 unspecified atom stereocenters. The fourth-order valence-corrected chi connectivity index (χ4v) is 3.72. The van der Waals surface area contributed by atoms with Crippen molar-refractivity contribution in [1.82, 2.24) is 14.9 Å². The first-order valence-electron chi connectivity index (χ1n) is 9.74. The Kier molecular flexibility index (Phi) is 5.95. The van der Waals surface area contributed by atoms with Gasteiger partial charge in [0.2, 0.25) is 0 Å². The van der Waals surface area contributed by atoms with Gasteiger partial charge in [-0.15, -0.1) is 0 Å². The summed E-state index contributed by atoms with van der Waals surface area (Å²) in [6, 6.07) is 20.9. The molecule has 5 heteroatoms. The molecule has 2 heterocycles. The van der Waals surface area contributed by atoms with Gasteiger partial charge in [-0.1, -0.05) is 60.7 Å². The Morgan fingerprint density at radius 3 is 2.54 bits per heavy atom. The highest BCUT2D eigenvalue weighted by Gasteiger charge is 2.21. The second-order valence-electron chi connectivity index (χ2n) is 7.11. The second-order valence-corrected chi connectivity index (χ2v) is 7.11. The molecular weight excluding hydrogens is 348 g/mol. The molecule has 5 nitrogen and oxygen atoms in total. The highest BCUT2D eigenvalue weighted by atomic mass is 16.5. The van der Waals surface area contributed by atoms with Gasteiger partial charge in [-0.05, 0) is 11.1 Å². The molecule has 28 heavy (non-hydrogen) atoms. The number of hydrogen-bond acceptors (Lipinski definition) is 5. The molecule has 0 spiro atoms. The van der Waals surface area contributed by atoms with Crippen LogP contribution >= 0.6 is 0 Å². The summed E-state index contributed by atoms with van der Waals surface area (Å²) in [7, 11) is 1.75. The van der Waals surface area contributed by atoms with Crippen molar-refractivity contribution in [3.63, 3.8) is 0 Å². The first kappa shape index (κ1) is 18.6. The molecule has 3 aromatic rings. The lowest BCUT2D eigenvalue weighted by Gasteiger charge is -2.29. The molecule has 0 amide bonds. The van der Waals surface area contributed by atoms with Gasteiger partial charge in [0.15, 0.2) is 0 Å². The van der Waals surface area contributed by atoms with E-state index < -0.39 is 0 Å². The van der Waals surface area contributed by atoms with Crippen LogP contribution in [0.5, 0.6) is 0 Å². The maximum atomic E-state index is 5.69. The molecule has 1 atom stereocenters. The van der Waals surface area contributed by atoms with E-state index >= 15 is 0 Å². The van der Waals surface area contributed by atoms with E-state index in [1.807, 2.05) is 18.2 Å². The number of nitrogens with one attached hydrogen (secondary N) is 1. The molecule has 1 N–H and O–H groups in total. The molecule has 4 rings (SSSR count). The second kappa shape index (κ2) is 8.95. The SMILES string of the molecule is COC(CNc1ncnc2c1CN(Cc1ccccc1)CC2)c1ccccc1. The van der Waals surface area contributed by atoms with Crippen LogP contribution in [-0.2, 0) is 24.2 Å². The Hall–Kier alpha value is -2.76. The van der Waals surface area contributed by atoms with E-state index in [-0.39, 0.29) is 6.10 Å². The molecule has 2 aromatic carbocycles.